The molecule has 2 aromatic carbocycles. The number of rotatable bonds is 4. The fourth-order valence-corrected chi connectivity index (χ4v) is 1.93. The molecule has 2 rings (SSSR count). The molecule has 2 aromatic rings. The number of halogens is 1. The molecule has 0 radical (unpaired) electrons. The van der Waals surface area contributed by atoms with E-state index in [1.54, 1.807) is 0 Å². The van der Waals surface area contributed by atoms with Crippen LogP contribution in [0.15, 0.2) is 60.3 Å². The molecule has 0 fully saturated rings. The van der Waals surface area contributed by atoms with Gasteiger partial charge < -0.3 is 4.84 Å². The predicted octanol–water partition coefficient (Wildman–Crippen LogP) is 5.06. The molecule has 0 amide bonds. The van der Waals surface area contributed by atoms with Gasteiger partial charge in [0.2, 0.25) is 0 Å². The molecule has 0 bridgehead atoms. The normalized spacial score (nSPS) is 11.2. The van der Waals surface area contributed by atoms with Crippen LogP contribution in [0.1, 0.15) is 23.6 Å². The summed E-state index contributed by atoms with van der Waals surface area (Å²) in [6.45, 7) is 7.81. The van der Waals surface area contributed by atoms with Crippen LogP contribution in [-0.2, 0) is 4.84 Å². The molecular weight excluding hydrogens is 270 g/mol. The molecule has 0 saturated heterocycles. The Bertz CT molecular complexity index is 644. The van der Waals surface area contributed by atoms with Crippen LogP contribution in [0.25, 0.3) is 5.76 Å². The summed E-state index contributed by atoms with van der Waals surface area (Å²) in [6, 6.07) is 15.4. The summed E-state index contributed by atoms with van der Waals surface area (Å²) in [6.07, 6.45) is 0. The second kappa shape index (κ2) is 6.40. The van der Waals surface area contributed by atoms with Gasteiger partial charge >= 0.3 is 0 Å². The van der Waals surface area contributed by atoms with E-state index < -0.39 is 0 Å². The fraction of sp³-hybridized carbons (Fsp3) is 0.118. The number of aryl methyl sites for hydroxylation is 1. The van der Waals surface area contributed by atoms with Crippen molar-refractivity contribution < 1.29 is 4.84 Å². The van der Waals surface area contributed by atoms with Crippen molar-refractivity contribution in [3.63, 3.8) is 0 Å². The molecule has 20 heavy (non-hydrogen) atoms. The van der Waals surface area contributed by atoms with Gasteiger partial charge in [-0.05, 0) is 37.1 Å². The second-order valence-corrected chi connectivity index (χ2v) is 4.95. The maximum Gasteiger partial charge on any atom is 0.158 e. The van der Waals surface area contributed by atoms with Gasteiger partial charge in [-0.1, -0.05) is 59.7 Å². The Morgan fingerprint density at radius 2 is 1.75 bits per heavy atom. The molecule has 0 atom stereocenters. The largest absolute Gasteiger partial charge is 0.357 e. The lowest BCUT2D eigenvalue weighted by molar-refractivity contribution is 0.299. The molecule has 0 aliphatic heterocycles. The van der Waals surface area contributed by atoms with Crippen LogP contribution in [-0.4, -0.2) is 5.71 Å². The van der Waals surface area contributed by atoms with Crippen molar-refractivity contribution in [1.82, 2.24) is 0 Å². The highest BCUT2D eigenvalue weighted by atomic mass is 35.5. The number of oxime groups is 1. The van der Waals surface area contributed by atoms with Crippen LogP contribution in [0, 0.1) is 6.92 Å². The first-order chi connectivity index (χ1) is 9.58. The minimum absolute atomic E-state index is 0.538. The Kier molecular flexibility index (Phi) is 4.59. The SMILES string of the molecule is C=C(O/N=C(\C)c1ccc(Cl)cc1)c1ccccc1C. The highest BCUT2D eigenvalue weighted by Crippen LogP contribution is 2.18. The number of benzene rings is 2. The van der Waals surface area contributed by atoms with Crippen LogP contribution >= 0.6 is 11.6 Å². The van der Waals surface area contributed by atoms with Crippen molar-refractivity contribution in [2.75, 3.05) is 0 Å². The summed E-state index contributed by atoms with van der Waals surface area (Å²) in [5.74, 6) is 0.538. The topological polar surface area (TPSA) is 21.6 Å². The predicted molar refractivity (Wildman–Crippen MR) is 85.0 cm³/mol. The maximum absolute atomic E-state index is 5.86. The number of nitrogens with zero attached hydrogens (tertiary/aromatic N) is 1. The van der Waals surface area contributed by atoms with E-state index in [9.17, 15) is 0 Å². The quantitative estimate of drug-likeness (QED) is 0.437. The van der Waals surface area contributed by atoms with Gasteiger partial charge in [-0.3, -0.25) is 0 Å². The van der Waals surface area contributed by atoms with Gasteiger partial charge in [0.25, 0.3) is 0 Å². The summed E-state index contributed by atoms with van der Waals surface area (Å²) in [4.78, 5) is 5.42. The summed E-state index contributed by atoms with van der Waals surface area (Å²) in [5, 5.41) is 4.82. The lowest BCUT2D eigenvalue weighted by Gasteiger charge is -2.07. The highest BCUT2D eigenvalue weighted by Gasteiger charge is 2.04. The van der Waals surface area contributed by atoms with E-state index in [-0.39, 0.29) is 0 Å². The molecule has 102 valence electrons. The monoisotopic (exact) mass is 285 g/mol. The zero-order valence-corrected chi connectivity index (χ0v) is 12.3. The average molecular weight is 286 g/mol. The molecule has 0 aliphatic carbocycles. The van der Waals surface area contributed by atoms with Crippen LogP contribution in [0.2, 0.25) is 5.02 Å². The summed E-state index contributed by atoms with van der Waals surface area (Å²) < 4.78 is 0. The van der Waals surface area contributed by atoms with E-state index in [1.165, 1.54) is 0 Å². The maximum atomic E-state index is 5.86. The van der Waals surface area contributed by atoms with Crippen molar-refractivity contribution in [2.24, 2.45) is 5.16 Å². The second-order valence-electron chi connectivity index (χ2n) is 4.51. The molecule has 0 saturated carbocycles. The lowest BCUT2D eigenvalue weighted by atomic mass is 10.1. The van der Waals surface area contributed by atoms with E-state index in [0.29, 0.717) is 10.8 Å². The molecular formula is C17H16ClNO. The lowest BCUT2D eigenvalue weighted by Crippen LogP contribution is -1.96. The van der Waals surface area contributed by atoms with Gasteiger partial charge in [-0.25, -0.2) is 0 Å². The van der Waals surface area contributed by atoms with Gasteiger partial charge in [0.15, 0.2) is 5.76 Å². The molecule has 0 aromatic heterocycles. The molecule has 0 unspecified atom stereocenters. The van der Waals surface area contributed by atoms with Crippen molar-refractivity contribution >= 4 is 23.1 Å². The Hall–Kier alpha value is -2.06. The molecule has 3 heteroatoms. The standard InChI is InChI=1S/C17H16ClNO/c1-12-6-4-5-7-17(12)14(3)20-19-13(2)15-8-10-16(18)11-9-15/h4-11H,3H2,1-2H3/b19-13+. The average Bonchev–Trinajstić information content (AvgIpc) is 2.45. The van der Waals surface area contributed by atoms with Crippen LogP contribution in [0.4, 0.5) is 0 Å². The minimum Gasteiger partial charge on any atom is -0.357 e. The summed E-state index contributed by atoms with van der Waals surface area (Å²) in [7, 11) is 0. The van der Waals surface area contributed by atoms with Crippen molar-refractivity contribution in [2.45, 2.75) is 13.8 Å². The Labute approximate surface area is 124 Å². The Morgan fingerprint density at radius 1 is 1.10 bits per heavy atom. The number of hydrogen-bond acceptors (Lipinski definition) is 2. The molecule has 0 spiro atoms. The zero-order valence-electron chi connectivity index (χ0n) is 11.6. The van der Waals surface area contributed by atoms with E-state index in [4.69, 9.17) is 16.4 Å². The fourth-order valence-electron chi connectivity index (χ4n) is 1.80. The first-order valence-electron chi connectivity index (χ1n) is 6.30. The van der Waals surface area contributed by atoms with Gasteiger partial charge in [-0.2, -0.15) is 0 Å². The smallest absolute Gasteiger partial charge is 0.158 e. The van der Waals surface area contributed by atoms with E-state index in [0.717, 1.165) is 22.4 Å². The van der Waals surface area contributed by atoms with Crippen molar-refractivity contribution in [3.8, 4) is 0 Å². The van der Waals surface area contributed by atoms with Crippen molar-refractivity contribution in [1.29, 1.82) is 0 Å². The van der Waals surface area contributed by atoms with Gasteiger partial charge in [0.05, 0.1) is 5.71 Å². The molecule has 0 N–H and O–H groups in total. The Balaban J connectivity index is 2.11. The van der Waals surface area contributed by atoms with Gasteiger partial charge in [0.1, 0.15) is 0 Å². The first-order valence-corrected chi connectivity index (χ1v) is 6.68. The molecule has 2 nitrogen and oxygen atoms in total. The summed E-state index contributed by atoms with van der Waals surface area (Å²) in [5.41, 5.74) is 3.81. The van der Waals surface area contributed by atoms with E-state index >= 15 is 0 Å². The summed E-state index contributed by atoms with van der Waals surface area (Å²) >= 11 is 5.86. The highest BCUT2D eigenvalue weighted by molar-refractivity contribution is 6.30. The molecule has 0 aliphatic rings. The van der Waals surface area contributed by atoms with Gasteiger partial charge in [-0.15, -0.1) is 0 Å². The molecule has 0 heterocycles. The van der Waals surface area contributed by atoms with Crippen LogP contribution in [0.3, 0.4) is 0 Å². The van der Waals surface area contributed by atoms with E-state index in [1.807, 2.05) is 62.4 Å². The first kappa shape index (κ1) is 14.4. The van der Waals surface area contributed by atoms with Crippen LogP contribution in [0.5, 0.6) is 0 Å². The number of hydrogen-bond donors (Lipinski definition) is 0. The van der Waals surface area contributed by atoms with Gasteiger partial charge in [0, 0.05) is 10.6 Å². The van der Waals surface area contributed by atoms with Crippen LogP contribution < -0.4 is 0 Å². The third kappa shape index (κ3) is 3.49. The third-order valence-corrected chi connectivity index (χ3v) is 3.25. The zero-order chi connectivity index (χ0) is 14.5. The third-order valence-electron chi connectivity index (χ3n) is 3.00. The van der Waals surface area contributed by atoms with Crippen molar-refractivity contribution in [3.05, 3.63) is 76.8 Å². The van der Waals surface area contributed by atoms with E-state index in [2.05, 4.69) is 11.7 Å². The minimum atomic E-state index is 0.538. The Morgan fingerprint density at radius 3 is 2.40 bits per heavy atom.